The van der Waals surface area contributed by atoms with Crippen LogP contribution in [0.25, 0.3) is 0 Å². The second kappa shape index (κ2) is 10.2. The Balaban J connectivity index is 0.00000150. The van der Waals surface area contributed by atoms with E-state index in [-0.39, 0.29) is 30.7 Å². The molecule has 2 aliphatic rings. The molecular weight excluding hydrogens is 409 g/mol. The molecule has 2 N–H and O–H groups in total. The van der Waals surface area contributed by atoms with Gasteiger partial charge in [0.05, 0.1) is 7.11 Å². The molecule has 7 heteroatoms. The quantitative estimate of drug-likeness (QED) is 0.749. The standard InChI is InChI=1S/C22H27N3O2.2ClH/c1-25(18-6-3-16-13-24-22(26)21(16)11-18)14-17-12-23-10-9-20(17)15-4-7-19(27-2)8-5-15;;/h3-8,11,17,20,23H,9-10,12-14H2,1-2H3,(H,24,26);2*1H/t17-,20-;;/m0../s1. The molecule has 2 aromatic rings. The van der Waals surface area contributed by atoms with Gasteiger partial charge < -0.3 is 20.3 Å². The van der Waals surface area contributed by atoms with Crippen molar-refractivity contribution in [1.82, 2.24) is 10.6 Å². The van der Waals surface area contributed by atoms with Gasteiger partial charge in [-0.05, 0) is 60.2 Å². The van der Waals surface area contributed by atoms with Crippen molar-refractivity contribution in [3.63, 3.8) is 0 Å². The van der Waals surface area contributed by atoms with E-state index in [1.807, 2.05) is 6.07 Å². The number of carbonyl (C=O) groups excluding carboxylic acids is 1. The lowest BCUT2D eigenvalue weighted by Crippen LogP contribution is -2.41. The lowest BCUT2D eigenvalue weighted by molar-refractivity contribution is 0.0966. The van der Waals surface area contributed by atoms with Gasteiger partial charge in [0, 0.05) is 37.9 Å². The van der Waals surface area contributed by atoms with Gasteiger partial charge in [-0.2, -0.15) is 0 Å². The van der Waals surface area contributed by atoms with Gasteiger partial charge in [0.1, 0.15) is 5.75 Å². The normalized spacial score (nSPS) is 20.0. The number of fused-ring (bicyclic) bond motifs is 1. The van der Waals surface area contributed by atoms with Crippen LogP contribution in [0.15, 0.2) is 42.5 Å². The van der Waals surface area contributed by atoms with Crippen molar-refractivity contribution in [1.29, 1.82) is 0 Å². The van der Waals surface area contributed by atoms with Crippen LogP contribution in [0, 0.1) is 5.92 Å². The van der Waals surface area contributed by atoms with E-state index in [4.69, 9.17) is 4.74 Å². The maximum atomic E-state index is 12.0. The number of halogens is 2. The van der Waals surface area contributed by atoms with Crippen LogP contribution in [0.5, 0.6) is 5.75 Å². The lowest BCUT2D eigenvalue weighted by Gasteiger charge is -2.36. The zero-order chi connectivity index (χ0) is 18.8. The van der Waals surface area contributed by atoms with Crippen LogP contribution < -0.4 is 20.3 Å². The molecule has 1 amide bonds. The minimum Gasteiger partial charge on any atom is -0.497 e. The molecule has 158 valence electrons. The largest absolute Gasteiger partial charge is 0.497 e. The van der Waals surface area contributed by atoms with Gasteiger partial charge in [0.25, 0.3) is 5.91 Å². The molecule has 0 unspecified atom stereocenters. The van der Waals surface area contributed by atoms with Crippen molar-refractivity contribution in [2.75, 3.05) is 38.7 Å². The minimum absolute atomic E-state index is 0. The number of amides is 1. The van der Waals surface area contributed by atoms with Crippen molar-refractivity contribution in [3.8, 4) is 5.75 Å². The number of ether oxygens (including phenoxy) is 1. The number of hydrogen-bond donors (Lipinski definition) is 2. The first-order chi connectivity index (χ1) is 13.2. The summed E-state index contributed by atoms with van der Waals surface area (Å²) in [4.78, 5) is 14.2. The average molecular weight is 438 g/mol. The van der Waals surface area contributed by atoms with Crippen molar-refractivity contribution >= 4 is 36.4 Å². The molecule has 2 heterocycles. The third kappa shape index (κ3) is 4.97. The van der Waals surface area contributed by atoms with Crippen LogP contribution in [-0.2, 0) is 6.54 Å². The van der Waals surface area contributed by atoms with Gasteiger partial charge in [-0.25, -0.2) is 0 Å². The maximum Gasteiger partial charge on any atom is 0.251 e. The van der Waals surface area contributed by atoms with Crippen LogP contribution in [0.1, 0.15) is 33.8 Å². The molecule has 2 atom stereocenters. The zero-order valence-electron chi connectivity index (χ0n) is 16.8. The molecule has 0 aliphatic carbocycles. The van der Waals surface area contributed by atoms with E-state index in [1.165, 1.54) is 5.56 Å². The van der Waals surface area contributed by atoms with E-state index in [2.05, 4.69) is 59.0 Å². The van der Waals surface area contributed by atoms with Crippen molar-refractivity contribution in [2.24, 2.45) is 5.92 Å². The number of piperidine rings is 1. The van der Waals surface area contributed by atoms with Crippen molar-refractivity contribution in [3.05, 3.63) is 59.2 Å². The first kappa shape index (κ1) is 23.3. The van der Waals surface area contributed by atoms with Gasteiger partial charge in [-0.3, -0.25) is 4.79 Å². The highest BCUT2D eigenvalue weighted by atomic mass is 35.5. The Hall–Kier alpha value is -1.95. The van der Waals surface area contributed by atoms with Gasteiger partial charge in [-0.15, -0.1) is 24.8 Å². The first-order valence-electron chi connectivity index (χ1n) is 9.62. The molecule has 29 heavy (non-hydrogen) atoms. The number of carbonyl (C=O) groups is 1. The Labute approximate surface area is 185 Å². The second-order valence-corrected chi connectivity index (χ2v) is 7.54. The van der Waals surface area contributed by atoms with Crippen LogP contribution >= 0.6 is 24.8 Å². The predicted molar refractivity (Wildman–Crippen MR) is 122 cm³/mol. The third-order valence-corrected chi connectivity index (χ3v) is 5.88. The molecule has 0 saturated carbocycles. The molecule has 2 aromatic carbocycles. The van der Waals surface area contributed by atoms with Crippen LogP contribution in [0.3, 0.4) is 0 Å². The topological polar surface area (TPSA) is 53.6 Å². The summed E-state index contributed by atoms with van der Waals surface area (Å²) in [6.45, 7) is 3.65. The van der Waals surface area contributed by atoms with Crippen LogP contribution in [-0.4, -0.2) is 39.7 Å². The Bertz CT molecular complexity index is 829. The second-order valence-electron chi connectivity index (χ2n) is 7.54. The summed E-state index contributed by atoms with van der Waals surface area (Å²) in [5.41, 5.74) is 4.38. The van der Waals surface area contributed by atoms with E-state index in [1.54, 1.807) is 7.11 Å². The molecule has 2 aliphatic heterocycles. The fraction of sp³-hybridized carbons (Fsp3) is 0.409. The summed E-state index contributed by atoms with van der Waals surface area (Å²) in [5, 5.41) is 6.44. The smallest absolute Gasteiger partial charge is 0.251 e. The van der Waals surface area contributed by atoms with Crippen LogP contribution in [0.2, 0.25) is 0 Å². The summed E-state index contributed by atoms with van der Waals surface area (Å²) >= 11 is 0. The first-order valence-corrected chi connectivity index (χ1v) is 9.62. The monoisotopic (exact) mass is 437 g/mol. The molecule has 4 rings (SSSR count). The Morgan fingerprint density at radius 1 is 1.14 bits per heavy atom. The third-order valence-electron chi connectivity index (χ3n) is 5.88. The molecule has 5 nitrogen and oxygen atoms in total. The summed E-state index contributed by atoms with van der Waals surface area (Å²) < 4.78 is 5.30. The van der Waals surface area contributed by atoms with E-state index in [0.717, 1.165) is 48.6 Å². The summed E-state index contributed by atoms with van der Waals surface area (Å²) in [5.74, 6) is 1.98. The fourth-order valence-corrected chi connectivity index (χ4v) is 4.30. The highest BCUT2D eigenvalue weighted by molar-refractivity contribution is 5.99. The lowest BCUT2D eigenvalue weighted by atomic mass is 9.81. The predicted octanol–water partition coefficient (Wildman–Crippen LogP) is 3.61. The van der Waals surface area contributed by atoms with E-state index in [9.17, 15) is 4.79 Å². The molecule has 0 spiro atoms. The summed E-state index contributed by atoms with van der Waals surface area (Å²) in [6, 6.07) is 14.7. The molecule has 1 fully saturated rings. The average Bonchev–Trinajstić information content (AvgIpc) is 3.09. The van der Waals surface area contributed by atoms with Gasteiger partial charge in [-0.1, -0.05) is 18.2 Å². The Morgan fingerprint density at radius 2 is 1.90 bits per heavy atom. The number of methoxy groups -OCH3 is 1. The van der Waals surface area contributed by atoms with E-state index in [0.29, 0.717) is 18.4 Å². The fourth-order valence-electron chi connectivity index (χ4n) is 4.30. The maximum absolute atomic E-state index is 12.0. The van der Waals surface area contributed by atoms with Gasteiger partial charge in [0.2, 0.25) is 0 Å². The highest BCUT2D eigenvalue weighted by Gasteiger charge is 2.28. The molecule has 0 bridgehead atoms. The number of nitrogens with zero attached hydrogens (tertiary/aromatic N) is 1. The van der Waals surface area contributed by atoms with Gasteiger partial charge in [0.15, 0.2) is 0 Å². The number of hydrogen-bond acceptors (Lipinski definition) is 4. The number of rotatable bonds is 5. The van der Waals surface area contributed by atoms with Crippen molar-refractivity contribution < 1.29 is 9.53 Å². The molecule has 0 aromatic heterocycles. The van der Waals surface area contributed by atoms with Crippen LogP contribution in [0.4, 0.5) is 5.69 Å². The minimum atomic E-state index is 0. The van der Waals surface area contributed by atoms with Gasteiger partial charge >= 0.3 is 0 Å². The summed E-state index contributed by atoms with van der Waals surface area (Å²) in [6.07, 6.45) is 1.14. The van der Waals surface area contributed by atoms with E-state index >= 15 is 0 Å². The number of nitrogens with one attached hydrogen (secondary N) is 2. The highest BCUT2D eigenvalue weighted by Crippen LogP contribution is 2.33. The van der Waals surface area contributed by atoms with E-state index < -0.39 is 0 Å². The van der Waals surface area contributed by atoms with Crippen molar-refractivity contribution in [2.45, 2.75) is 18.9 Å². The SMILES string of the molecule is COc1ccc([C@@H]2CCNC[C@H]2CN(C)c2ccc3c(c2)C(=O)NC3)cc1.Cl.Cl. The number of anilines is 1. The summed E-state index contributed by atoms with van der Waals surface area (Å²) in [7, 11) is 3.82. The molecule has 0 radical (unpaired) electrons. The zero-order valence-corrected chi connectivity index (χ0v) is 18.4. The Morgan fingerprint density at radius 3 is 2.62 bits per heavy atom. The molecule has 1 saturated heterocycles. The number of benzene rings is 2. The Kier molecular flexibility index (Phi) is 8.20. The molecular formula is C22H29Cl2N3O2.